The standard InChI is InChI=1S/C22H21N7/c1-22(2,3)29-12-28-18-5-4-13(7-19(18)29)17-11-25-20-16(17)6-14(8-24-20)15-9-26-21(23)27-10-15/h4-12H,1-3H3,(H,24,25)(H2,23,26,27). The Balaban J connectivity index is 1.67. The molecule has 0 aliphatic rings. The molecule has 5 aromatic rings. The number of imidazole rings is 1. The highest BCUT2D eigenvalue weighted by Gasteiger charge is 2.17. The van der Waals surface area contributed by atoms with E-state index in [9.17, 15) is 0 Å². The maximum Gasteiger partial charge on any atom is 0.219 e. The molecule has 0 fully saturated rings. The molecule has 0 bridgehead atoms. The van der Waals surface area contributed by atoms with Crippen LogP contribution in [0.2, 0.25) is 0 Å². The monoisotopic (exact) mass is 383 g/mol. The second kappa shape index (κ2) is 6.13. The topological polar surface area (TPSA) is 98.3 Å². The van der Waals surface area contributed by atoms with Crippen LogP contribution >= 0.6 is 0 Å². The summed E-state index contributed by atoms with van der Waals surface area (Å²) in [5, 5.41) is 1.04. The van der Waals surface area contributed by atoms with E-state index in [1.54, 1.807) is 12.4 Å². The zero-order valence-electron chi connectivity index (χ0n) is 16.5. The lowest BCUT2D eigenvalue weighted by Gasteiger charge is -2.21. The Morgan fingerprint density at radius 3 is 2.41 bits per heavy atom. The summed E-state index contributed by atoms with van der Waals surface area (Å²) in [6.07, 6.45) is 9.15. The molecule has 144 valence electrons. The molecule has 5 rings (SSSR count). The molecule has 7 heteroatoms. The minimum absolute atomic E-state index is 0.0442. The first-order valence-electron chi connectivity index (χ1n) is 9.43. The summed E-state index contributed by atoms with van der Waals surface area (Å²) in [5.41, 5.74) is 12.5. The predicted molar refractivity (Wildman–Crippen MR) is 115 cm³/mol. The molecule has 7 nitrogen and oxygen atoms in total. The second-order valence-electron chi connectivity index (χ2n) is 8.14. The largest absolute Gasteiger partial charge is 0.368 e. The van der Waals surface area contributed by atoms with Crippen LogP contribution in [0, 0.1) is 0 Å². The van der Waals surface area contributed by atoms with Gasteiger partial charge in [0, 0.05) is 52.4 Å². The molecule has 0 aliphatic heterocycles. The van der Waals surface area contributed by atoms with Gasteiger partial charge in [0.15, 0.2) is 0 Å². The Labute approximate surface area is 167 Å². The van der Waals surface area contributed by atoms with Gasteiger partial charge in [-0.1, -0.05) is 6.07 Å². The first-order valence-corrected chi connectivity index (χ1v) is 9.43. The van der Waals surface area contributed by atoms with E-state index in [-0.39, 0.29) is 11.5 Å². The molecule has 4 heterocycles. The van der Waals surface area contributed by atoms with Gasteiger partial charge in [0.05, 0.1) is 17.4 Å². The van der Waals surface area contributed by atoms with Crippen LogP contribution in [-0.2, 0) is 5.54 Å². The third kappa shape index (κ3) is 2.91. The van der Waals surface area contributed by atoms with Gasteiger partial charge in [-0.3, -0.25) is 0 Å². The molecule has 0 spiro atoms. The quantitative estimate of drug-likeness (QED) is 0.471. The Kier molecular flexibility index (Phi) is 3.67. The summed E-state index contributed by atoms with van der Waals surface area (Å²) in [6.45, 7) is 6.53. The molecule has 0 unspecified atom stereocenters. The highest BCUT2D eigenvalue weighted by atomic mass is 15.1. The molecule has 0 amide bonds. The van der Waals surface area contributed by atoms with Gasteiger partial charge in [-0.15, -0.1) is 0 Å². The molecule has 0 saturated heterocycles. The van der Waals surface area contributed by atoms with Gasteiger partial charge in [-0.05, 0) is 44.5 Å². The van der Waals surface area contributed by atoms with Gasteiger partial charge in [0.2, 0.25) is 5.95 Å². The van der Waals surface area contributed by atoms with Gasteiger partial charge in [-0.2, -0.15) is 0 Å². The van der Waals surface area contributed by atoms with Gasteiger partial charge in [0.25, 0.3) is 0 Å². The number of aromatic nitrogens is 6. The van der Waals surface area contributed by atoms with Gasteiger partial charge in [-0.25, -0.2) is 19.9 Å². The lowest BCUT2D eigenvalue weighted by Crippen LogP contribution is -2.20. The maximum absolute atomic E-state index is 5.61. The Bertz CT molecular complexity index is 1340. The lowest BCUT2D eigenvalue weighted by atomic mass is 10.0. The van der Waals surface area contributed by atoms with Crippen molar-refractivity contribution in [1.82, 2.24) is 29.5 Å². The van der Waals surface area contributed by atoms with E-state index in [1.807, 2.05) is 18.7 Å². The SMILES string of the molecule is CC(C)(C)n1cnc2ccc(-c3c[nH]c4ncc(-c5cnc(N)nc5)cc34)cc21. The summed E-state index contributed by atoms with van der Waals surface area (Å²) in [5.74, 6) is 0.258. The number of hydrogen-bond acceptors (Lipinski definition) is 5. The summed E-state index contributed by atoms with van der Waals surface area (Å²) in [7, 11) is 0. The van der Waals surface area contributed by atoms with E-state index in [2.05, 4.69) is 74.5 Å². The van der Waals surface area contributed by atoms with Gasteiger partial charge < -0.3 is 15.3 Å². The lowest BCUT2D eigenvalue weighted by molar-refractivity contribution is 0.408. The van der Waals surface area contributed by atoms with Crippen molar-refractivity contribution in [1.29, 1.82) is 0 Å². The van der Waals surface area contributed by atoms with Crippen LogP contribution in [0.25, 0.3) is 44.3 Å². The first kappa shape index (κ1) is 17.4. The zero-order chi connectivity index (χ0) is 20.2. The van der Waals surface area contributed by atoms with Crippen molar-refractivity contribution >= 4 is 28.0 Å². The molecule has 1 aromatic carbocycles. The molecule has 3 N–H and O–H groups in total. The molecular formula is C22H21N7. The predicted octanol–water partition coefficient (Wildman–Crippen LogP) is 4.37. The number of benzene rings is 1. The van der Waals surface area contributed by atoms with Crippen molar-refractivity contribution in [3.05, 3.63) is 55.4 Å². The molecule has 0 saturated carbocycles. The molecule has 0 aliphatic carbocycles. The van der Waals surface area contributed by atoms with E-state index in [4.69, 9.17) is 5.73 Å². The molecule has 29 heavy (non-hydrogen) atoms. The summed E-state index contributed by atoms with van der Waals surface area (Å²) < 4.78 is 2.20. The molecular weight excluding hydrogens is 362 g/mol. The third-order valence-electron chi connectivity index (χ3n) is 5.12. The smallest absolute Gasteiger partial charge is 0.219 e. The van der Waals surface area contributed by atoms with E-state index in [0.29, 0.717) is 0 Å². The van der Waals surface area contributed by atoms with Crippen molar-refractivity contribution in [3.63, 3.8) is 0 Å². The van der Waals surface area contributed by atoms with Gasteiger partial charge >= 0.3 is 0 Å². The van der Waals surface area contributed by atoms with Crippen molar-refractivity contribution in [2.24, 2.45) is 0 Å². The number of fused-ring (bicyclic) bond motifs is 2. The maximum atomic E-state index is 5.61. The van der Waals surface area contributed by atoms with E-state index >= 15 is 0 Å². The normalized spacial score (nSPS) is 12.1. The van der Waals surface area contributed by atoms with Crippen LogP contribution in [-0.4, -0.2) is 29.5 Å². The minimum Gasteiger partial charge on any atom is -0.368 e. The summed E-state index contributed by atoms with van der Waals surface area (Å²) in [6, 6.07) is 8.46. The Hall–Kier alpha value is -3.74. The van der Waals surface area contributed by atoms with E-state index in [0.717, 1.165) is 44.3 Å². The van der Waals surface area contributed by atoms with Gasteiger partial charge in [0.1, 0.15) is 5.65 Å². The van der Waals surface area contributed by atoms with Crippen LogP contribution in [0.3, 0.4) is 0 Å². The minimum atomic E-state index is -0.0442. The fourth-order valence-electron chi connectivity index (χ4n) is 3.60. The van der Waals surface area contributed by atoms with E-state index < -0.39 is 0 Å². The van der Waals surface area contributed by atoms with E-state index in [1.165, 1.54) is 0 Å². The molecule has 0 atom stereocenters. The third-order valence-corrected chi connectivity index (χ3v) is 5.12. The zero-order valence-corrected chi connectivity index (χ0v) is 16.5. The first-order chi connectivity index (χ1) is 13.9. The highest BCUT2D eigenvalue weighted by molar-refractivity contribution is 5.97. The number of nitrogens with two attached hydrogens (primary N) is 1. The Morgan fingerprint density at radius 1 is 0.897 bits per heavy atom. The number of hydrogen-bond donors (Lipinski definition) is 2. The fraction of sp³-hybridized carbons (Fsp3) is 0.182. The average molecular weight is 383 g/mol. The number of nitrogen functional groups attached to an aromatic ring is 1. The number of aromatic amines is 1. The summed E-state index contributed by atoms with van der Waals surface area (Å²) in [4.78, 5) is 20.6. The fourth-order valence-corrected chi connectivity index (χ4v) is 3.60. The number of rotatable bonds is 2. The number of H-pyrrole nitrogens is 1. The average Bonchev–Trinajstić information content (AvgIpc) is 3.31. The second-order valence-corrected chi connectivity index (χ2v) is 8.14. The van der Waals surface area contributed by atoms with Crippen molar-refractivity contribution in [3.8, 4) is 22.3 Å². The number of anilines is 1. The highest BCUT2D eigenvalue weighted by Crippen LogP contribution is 2.33. The Morgan fingerprint density at radius 2 is 1.66 bits per heavy atom. The molecule has 0 radical (unpaired) electrons. The van der Waals surface area contributed by atoms with Crippen LogP contribution in [0.1, 0.15) is 20.8 Å². The van der Waals surface area contributed by atoms with Crippen LogP contribution in [0.4, 0.5) is 5.95 Å². The summed E-state index contributed by atoms with van der Waals surface area (Å²) >= 11 is 0. The number of nitrogens with zero attached hydrogens (tertiary/aromatic N) is 5. The molecule has 4 aromatic heterocycles. The van der Waals surface area contributed by atoms with Crippen LogP contribution in [0.15, 0.2) is 55.4 Å². The van der Waals surface area contributed by atoms with Crippen molar-refractivity contribution in [2.75, 3.05) is 5.73 Å². The van der Waals surface area contributed by atoms with Crippen LogP contribution < -0.4 is 5.73 Å². The van der Waals surface area contributed by atoms with Crippen molar-refractivity contribution in [2.45, 2.75) is 26.3 Å². The number of nitrogens with one attached hydrogen (secondary N) is 1. The number of pyridine rings is 1. The van der Waals surface area contributed by atoms with Crippen LogP contribution in [0.5, 0.6) is 0 Å². The van der Waals surface area contributed by atoms with Crippen molar-refractivity contribution < 1.29 is 0 Å².